The molecule has 0 aliphatic rings. The predicted octanol–water partition coefficient (Wildman–Crippen LogP) is -0.297. The molecule has 0 radical (unpaired) electrons. The Morgan fingerprint density at radius 1 is 0.943 bits per heavy atom. The van der Waals surface area contributed by atoms with Crippen LogP contribution >= 0.6 is 11.8 Å². The van der Waals surface area contributed by atoms with Crippen molar-refractivity contribution in [2.75, 3.05) is 18.6 Å². The third-order valence-electron chi connectivity index (χ3n) is 5.29. The van der Waals surface area contributed by atoms with Crippen LogP contribution in [0.2, 0.25) is 0 Å². The lowest BCUT2D eigenvalue weighted by Gasteiger charge is -2.24. The highest BCUT2D eigenvalue weighted by Crippen LogP contribution is 2.11. The van der Waals surface area contributed by atoms with Crippen LogP contribution in [0.3, 0.4) is 0 Å². The maximum absolute atomic E-state index is 12.8. The summed E-state index contributed by atoms with van der Waals surface area (Å²) in [6.45, 7) is 1.88. The summed E-state index contributed by atoms with van der Waals surface area (Å²) in [5, 5.41) is 26.4. The first-order valence-corrected chi connectivity index (χ1v) is 12.8. The van der Waals surface area contributed by atoms with Crippen LogP contribution < -0.4 is 27.4 Å². The molecule has 0 saturated heterocycles. The number of phenols is 1. The highest BCUT2D eigenvalue weighted by molar-refractivity contribution is 7.98. The molecule has 1 rings (SSSR count). The second-order valence-corrected chi connectivity index (χ2v) is 9.22. The van der Waals surface area contributed by atoms with Crippen LogP contribution in [-0.2, 0) is 25.6 Å². The number of phenolic OH excluding ortho intramolecular Hbond substituents is 1. The van der Waals surface area contributed by atoms with E-state index in [4.69, 9.17) is 11.5 Å². The highest BCUT2D eigenvalue weighted by Gasteiger charge is 2.28. The van der Waals surface area contributed by atoms with Crippen molar-refractivity contribution in [3.05, 3.63) is 29.8 Å². The zero-order chi connectivity index (χ0) is 26.4. The normalized spacial score (nSPS) is 14.3. The van der Waals surface area contributed by atoms with E-state index in [2.05, 4.69) is 16.0 Å². The molecule has 0 saturated carbocycles. The van der Waals surface area contributed by atoms with Gasteiger partial charge in [-0.3, -0.25) is 14.4 Å². The molecule has 196 valence electrons. The molecular weight excluding hydrogens is 474 g/mol. The van der Waals surface area contributed by atoms with Gasteiger partial charge in [0.25, 0.3) is 0 Å². The zero-order valence-electron chi connectivity index (χ0n) is 20.2. The number of carbonyl (C=O) groups excluding carboxylic acids is 3. The largest absolute Gasteiger partial charge is 0.508 e. The van der Waals surface area contributed by atoms with E-state index in [1.807, 2.05) is 6.26 Å². The average Bonchev–Trinajstić information content (AvgIpc) is 2.81. The monoisotopic (exact) mass is 511 g/mol. The second-order valence-electron chi connectivity index (χ2n) is 8.23. The number of amides is 3. The van der Waals surface area contributed by atoms with Gasteiger partial charge in [-0.2, -0.15) is 11.8 Å². The van der Waals surface area contributed by atoms with Gasteiger partial charge >= 0.3 is 5.97 Å². The summed E-state index contributed by atoms with van der Waals surface area (Å²) in [6.07, 6.45) is 3.74. The molecule has 3 amide bonds. The fraction of sp³-hybridized carbons (Fsp3) is 0.565. The Bertz CT molecular complexity index is 838. The van der Waals surface area contributed by atoms with Crippen LogP contribution in [0.25, 0.3) is 0 Å². The summed E-state index contributed by atoms with van der Waals surface area (Å²) < 4.78 is 0. The molecule has 1 aromatic rings. The number of carbonyl (C=O) groups is 4. The lowest BCUT2D eigenvalue weighted by Crippen LogP contribution is -2.56. The van der Waals surface area contributed by atoms with Crippen LogP contribution in [0, 0.1) is 0 Å². The van der Waals surface area contributed by atoms with Crippen molar-refractivity contribution in [3.8, 4) is 5.75 Å². The number of thioether (sulfide) groups is 1. The van der Waals surface area contributed by atoms with Crippen LogP contribution in [0.5, 0.6) is 5.75 Å². The van der Waals surface area contributed by atoms with Crippen molar-refractivity contribution >= 4 is 35.5 Å². The minimum Gasteiger partial charge on any atom is -0.508 e. The van der Waals surface area contributed by atoms with E-state index in [0.29, 0.717) is 25.1 Å². The van der Waals surface area contributed by atoms with Crippen molar-refractivity contribution in [1.82, 2.24) is 16.0 Å². The maximum atomic E-state index is 12.8. The van der Waals surface area contributed by atoms with E-state index >= 15 is 0 Å². The smallest absolute Gasteiger partial charge is 0.326 e. The summed E-state index contributed by atoms with van der Waals surface area (Å²) in [6, 6.07) is 2.31. The predicted molar refractivity (Wildman–Crippen MR) is 135 cm³/mol. The number of aromatic hydroxyl groups is 1. The first kappa shape index (κ1) is 30.2. The molecule has 0 heterocycles. The fourth-order valence-electron chi connectivity index (χ4n) is 3.19. The minimum atomic E-state index is -1.15. The molecule has 0 aliphatic carbocycles. The molecule has 9 N–H and O–H groups in total. The van der Waals surface area contributed by atoms with Crippen LogP contribution in [-0.4, -0.2) is 76.6 Å². The lowest BCUT2D eigenvalue weighted by atomic mass is 10.1. The van der Waals surface area contributed by atoms with Crippen molar-refractivity contribution in [3.63, 3.8) is 0 Å². The number of hydrogen-bond donors (Lipinski definition) is 7. The molecular formula is C23H37N5O6S. The second kappa shape index (κ2) is 16.0. The van der Waals surface area contributed by atoms with Gasteiger partial charge in [0.1, 0.15) is 23.9 Å². The zero-order valence-corrected chi connectivity index (χ0v) is 21.0. The van der Waals surface area contributed by atoms with Crippen molar-refractivity contribution in [2.24, 2.45) is 11.5 Å². The van der Waals surface area contributed by atoms with Crippen molar-refractivity contribution in [2.45, 2.75) is 63.2 Å². The Balaban J connectivity index is 2.74. The van der Waals surface area contributed by atoms with E-state index in [1.165, 1.54) is 30.8 Å². The molecule has 11 nitrogen and oxygen atoms in total. The van der Waals surface area contributed by atoms with Crippen LogP contribution in [0.4, 0.5) is 0 Å². The van der Waals surface area contributed by atoms with Gasteiger partial charge in [0, 0.05) is 0 Å². The number of nitrogens with two attached hydrogens (primary N) is 2. The van der Waals surface area contributed by atoms with E-state index in [0.717, 1.165) is 5.56 Å². The van der Waals surface area contributed by atoms with Gasteiger partial charge in [0.2, 0.25) is 17.7 Å². The Kier molecular flexibility index (Phi) is 13.8. The molecule has 0 fully saturated rings. The van der Waals surface area contributed by atoms with Crippen LogP contribution in [0.15, 0.2) is 24.3 Å². The number of carboxylic acid groups (broad SMARTS) is 1. The summed E-state index contributed by atoms with van der Waals surface area (Å²) in [4.78, 5) is 49.4. The summed E-state index contributed by atoms with van der Waals surface area (Å²) >= 11 is 1.46. The van der Waals surface area contributed by atoms with Gasteiger partial charge in [-0.1, -0.05) is 12.1 Å². The van der Waals surface area contributed by atoms with Crippen molar-refractivity contribution in [1.29, 1.82) is 0 Å². The Morgan fingerprint density at radius 3 is 2.14 bits per heavy atom. The van der Waals surface area contributed by atoms with Crippen LogP contribution in [0.1, 0.15) is 38.2 Å². The summed E-state index contributed by atoms with van der Waals surface area (Å²) in [5.41, 5.74) is 12.2. The molecule has 35 heavy (non-hydrogen) atoms. The molecule has 1 aromatic carbocycles. The minimum absolute atomic E-state index is 0.0982. The standard InChI is InChI=1S/C23H37N5O6S/c1-14(26-21(31)17(25)13-15-6-8-16(29)9-7-15)20(30)27-18(5-3-4-11-24)22(32)28-19(23(33)34)10-12-35-2/h6-9,14,17-19,29H,3-5,10-13,24-25H2,1-2H3,(H,26,31)(H,27,30)(H,28,32)(H,33,34). The third-order valence-corrected chi connectivity index (χ3v) is 5.93. The summed E-state index contributed by atoms with van der Waals surface area (Å²) in [7, 11) is 0. The first-order valence-electron chi connectivity index (χ1n) is 11.4. The number of carboxylic acids is 1. The SMILES string of the molecule is CSCCC(NC(=O)C(CCCCN)NC(=O)C(C)NC(=O)C(N)Cc1ccc(O)cc1)C(=O)O. The average molecular weight is 512 g/mol. The van der Waals surface area contributed by atoms with Gasteiger partial charge in [-0.05, 0) is 75.3 Å². The number of rotatable bonds is 16. The third kappa shape index (κ3) is 11.4. The molecule has 0 aliphatic heterocycles. The van der Waals surface area contributed by atoms with E-state index in [9.17, 15) is 29.4 Å². The molecule has 12 heteroatoms. The van der Waals surface area contributed by atoms with E-state index in [1.54, 1.807) is 12.1 Å². The number of hydrogen-bond acceptors (Lipinski definition) is 8. The lowest BCUT2D eigenvalue weighted by molar-refractivity contribution is -0.142. The fourth-order valence-corrected chi connectivity index (χ4v) is 3.66. The molecule has 4 unspecified atom stereocenters. The van der Waals surface area contributed by atoms with Gasteiger partial charge < -0.3 is 37.6 Å². The Labute approximate surface area is 209 Å². The molecule has 0 bridgehead atoms. The Hall–Kier alpha value is -2.83. The topological polar surface area (TPSA) is 197 Å². The van der Waals surface area contributed by atoms with E-state index in [-0.39, 0.29) is 25.0 Å². The van der Waals surface area contributed by atoms with E-state index < -0.39 is 47.9 Å². The highest BCUT2D eigenvalue weighted by atomic mass is 32.2. The number of nitrogens with one attached hydrogen (secondary N) is 3. The first-order chi connectivity index (χ1) is 16.6. The number of benzene rings is 1. The van der Waals surface area contributed by atoms with Gasteiger partial charge in [-0.25, -0.2) is 4.79 Å². The number of aliphatic carboxylic acids is 1. The maximum Gasteiger partial charge on any atom is 0.326 e. The molecule has 4 atom stereocenters. The van der Waals surface area contributed by atoms with Crippen molar-refractivity contribution < 1.29 is 29.4 Å². The molecule has 0 spiro atoms. The van der Waals surface area contributed by atoms with Gasteiger partial charge in [-0.15, -0.1) is 0 Å². The molecule has 0 aromatic heterocycles. The Morgan fingerprint density at radius 2 is 1.57 bits per heavy atom. The van der Waals surface area contributed by atoms with Gasteiger partial charge in [0.15, 0.2) is 0 Å². The summed E-state index contributed by atoms with van der Waals surface area (Å²) in [5.74, 6) is -2.25. The quantitative estimate of drug-likeness (QED) is 0.146. The van der Waals surface area contributed by atoms with Gasteiger partial charge in [0.05, 0.1) is 6.04 Å². The number of unbranched alkanes of at least 4 members (excludes halogenated alkanes) is 1.